The zero-order valence-corrected chi connectivity index (χ0v) is 8.12. The van der Waals surface area contributed by atoms with Gasteiger partial charge >= 0.3 is 5.97 Å². The van der Waals surface area contributed by atoms with E-state index in [0.717, 1.165) is 6.42 Å². The summed E-state index contributed by atoms with van der Waals surface area (Å²) in [5.74, 6) is 0.167. The summed E-state index contributed by atoms with van der Waals surface area (Å²) in [7, 11) is 1.32. The molecule has 0 fully saturated rings. The summed E-state index contributed by atoms with van der Waals surface area (Å²) < 4.78 is 4.47. The number of esters is 1. The van der Waals surface area contributed by atoms with E-state index in [-0.39, 0.29) is 5.97 Å². The molecule has 5 heteroatoms. The fourth-order valence-electron chi connectivity index (χ4n) is 0.836. The molecule has 0 aliphatic carbocycles. The maximum Gasteiger partial charge on any atom is 0.322 e. The summed E-state index contributed by atoms with van der Waals surface area (Å²) >= 11 is 0. The standard InChI is InChI=1S/C8H17N3O2/c1-6(9)11-5-3-4-7(10)8(12)13-2/h7H,3-5,10H2,1-2H3,(H2,9,11)/t7-/m1/s1. The molecule has 1 atom stereocenters. The zero-order chi connectivity index (χ0) is 10.3. The fraction of sp³-hybridized carbons (Fsp3) is 0.750. The first kappa shape index (κ1) is 11.9. The first-order chi connectivity index (χ1) is 6.07. The smallest absolute Gasteiger partial charge is 0.322 e. The van der Waals surface area contributed by atoms with Crippen LogP contribution in [0.15, 0.2) is 4.99 Å². The van der Waals surface area contributed by atoms with E-state index in [0.29, 0.717) is 18.8 Å². The molecule has 0 amide bonds. The number of nitrogens with two attached hydrogens (primary N) is 2. The highest BCUT2D eigenvalue weighted by Crippen LogP contribution is 1.96. The van der Waals surface area contributed by atoms with Crippen molar-refractivity contribution >= 4 is 11.8 Å². The summed E-state index contributed by atoms with van der Waals surface area (Å²) in [6.07, 6.45) is 1.31. The van der Waals surface area contributed by atoms with Gasteiger partial charge in [-0.25, -0.2) is 0 Å². The third kappa shape index (κ3) is 6.10. The van der Waals surface area contributed by atoms with Gasteiger partial charge in [-0.3, -0.25) is 9.79 Å². The summed E-state index contributed by atoms with van der Waals surface area (Å²) in [6.45, 7) is 2.33. The van der Waals surface area contributed by atoms with Crippen LogP contribution >= 0.6 is 0 Å². The lowest BCUT2D eigenvalue weighted by molar-refractivity contribution is -0.142. The number of amidine groups is 1. The molecule has 0 unspecified atom stereocenters. The largest absolute Gasteiger partial charge is 0.468 e. The lowest BCUT2D eigenvalue weighted by Gasteiger charge is -2.07. The van der Waals surface area contributed by atoms with E-state index in [4.69, 9.17) is 11.5 Å². The Kier molecular flexibility index (Phi) is 5.88. The molecule has 5 nitrogen and oxygen atoms in total. The molecule has 0 rings (SSSR count). The Bertz CT molecular complexity index is 188. The first-order valence-electron chi connectivity index (χ1n) is 4.18. The average molecular weight is 187 g/mol. The Morgan fingerprint density at radius 1 is 1.62 bits per heavy atom. The maximum atomic E-state index is 10.8. The molecule has 0 saturated carbocycles. The minimum atomic E-state index is -0.543. The van der Waals surface area contributed by atoms with Gasteiger partial charge in [0, 0.05) is 6.54 Å². The molecule has 0 bridgehead atoms. The number of nitrogens with zero attached hydrogens (tertiary/aromatic N) is 1. The summed E-state index contributed by atoms with van der Waals surface area (Å²) in [4.78, 5) is 14.8. The minimum absolute atomic E-state index is 0.381. The van der Waals surface area contributed by atoms with Gasteiger partial charge in [0.15, 0.2) is 0 Å². The van der Waals surface area contributed by atoms with Gasteiger partial charge in [-0.15, -0.1) is 0 Å². The van der Waals surface area contributed by atoms with Gasteiger partial charge in [-0.2, -0.15) is 0 Å². The predicted molar refractivity (Wildman–Crippen MR) is 51.4 cm³/mol. The highest BCUT2D eigenvalue weighted by atomic mass is 16.5. The normalized spacial score (nSPS) is 13.9. The topological polar surface area (TPSA) is 90.7 Å². The lowest BCUT2D eigenvalue weighted by Crippen LogP contribution is -2.31. The van der Waals surface area contributed by atoms with Crippen molar-refractivity contribution in [1.29, 1.82) is 0 Å². The van der Waals surface area contributed by atoms with Crippen molar-refractivity contribution in [1.82, 2.24) is 0 Å². The Labute approximate surface area is 78.1 Å². The van der Waals surface area contributed by atoms with E-state index in [1.165, 1.54) is 7.11 Å². The van der Waals surface area contributed by atoms with Crippen LogP contribution < -0.4 is 11.5 Å². The predicted octanol–water partition coefficient (Wildman–Crippen LogP) is -0.356. The summed E-state index contributed by atoms with van der Waals surface area (Å²) in [5, 5.41) is 0. The van der Waals surface area contributed by atoms with Crippen molar-refractivity contribution in [2.24, 2.45) is 16.5 Å². The monoisotopic (exact) mass is 187 g/mol. The molecule has 0 heterocycles. The van der Waals surface area contributed by atoms with Gasteiger partial charge in [-0.1, -0.05) is 0 Å². The molecule has 0 aromatic rings. The van der Waals surface area contributed by atoms with Crippen molar-refractivity contribution in [3.63, 3.8) is 0 Å². The van der Waals surface area contributed by atoms with Crippen LogP contribution in [0.1, 0.15) is 19.8 Å². The number of rotatable bonds is 5. The van der Waals surface area contributed by atoms with Crippen LogP contribution in [0.3, 0.4) is 0 Å². The Hall–Kier alpha value is -1.10. The van der Waals surface area contributed by atoms with E-state index in [9.17, 15) is 4.79 Å². The van der Waals surface area contributed by atoms with Crippen molar-refractivity contribution in [2.75, 3.05) is 13.7 Å². The van der Waals surface area contributed by atoms with E-state index >= 15 is 0 Å². The molecule has 0 aliphatic heterocycles. The number of aliphatic imine (C=N–C) groups is 1. The van der Waals surface area contributed by atoms with Crippen LogP contribution in [0.2, 0.25) is 0 Å². The van der Waals surface area contributed by atoms with Crippen LogP contribution in [0, 0.1) is 0 Å². The van der Waals surface area contributed by atoms with Crippen molar-refractivity contribution in [3.05, 3.63) is 0 Å². The van der Waals surface area contributed by atoms with Crippen LogP contribution in [-0.2, 0) is 9.53 Å². The van der Waals surface area contributed by atoms with Crippen molar-refractivity contribution < 1.29 is 9.53 Å². The van der Waals surface area contributed by atoms with E-state index in [1.54, 1.807) is 6.92 Å². The lowest BCUT2D eigenvalue weighted by atomic mass is 10.2. The van der Waals surface area contributed by atoms with Crippen molar-refractivity contribution in [3.8, 4) is 0 Å². The zero-order valence-electron chi connectivity index (χ0n) is 8.12. The Morgan fingerprint density at radius 2 is 2.23 bits per heavy atom. The van der Waals surface area contributed by atoms with Gasteiger partial charge in [0.25, 0.3) is 0 Å². The SMILES string of the molecule is COC(=O)[C@H](N)CCCN=C(C)N. The second-order valence-corrected chi connectivity index (χ2v) is 2.79. The first-order valence-corrected chi connectivity index (χ1v) is 4.18. The van der Waals surface area contributed by atoms with E-state index in [1.807, 2.05) is 0 Å². The third-order valence-corrected chi connectivity index (χ3v) is 1.54. The second kappa shape index (κ2) is 6.42. The van der Waals surface area contributed by atoms with Gasteiger partial charge in [-0.05, 0) is 19.8 Å². The number of carbonyl (C=O) groups excluding carboxylic acids is 1. The fourth-order valence-corrected chi connectivity index (χ4v) is 0.836. The van der Waals surface area contributed by atoms with Crippen LogP contribution in [0.4, 0.5) is 0 Å². The van der Waals surface area contributed by atoms with Crippen LogP contribution in [-0.4, -0.2) is 31.5 Å². The van der Waals surface area contributed by atoms with Gasteiger partial charge in [0.1, 0.15) is 6.04 Å². The number of carbonyl (C=O) groups is 1. The van der Waals surface area contributed by atoms with Gasteiger partial charge < -0.3 is 16.2 Å². The van der Waals surface area contributed by atoms with Crippen LogP contribution in [0.25, 0.3) is 0 Å². The highest BCUT2D eigenvalue weighted by molar-refractivity contribution is 5.77. The van der Waals surface area contributed by atoms with Gasteiger partial charge in [0.05, 0.1) is 12.9 Å². The quantitative estimate of drug-likeness (QED) is 0.266. The Morgan fingerprint density at radius 3 is 2.69 bits per heavy atom. The van der Waals surface area contributed by atoms with Gasteiger partial charge in [0.2, 0.25) is 0 Å². The van der Waals surface area contributed by atoms with Crippen LogP contribution in [0.5, 0.6) is 0 Å². The number of methoxy groups -OCH3 is 1. The molecule has 0 saturated heterocycles. The molecular formula is C8H17N3O2. The molecule has 13 heavy (non-hydrogen) atoms. The molecule has 0 spiro atoms. The second-order valence-electron chi connectivity index (χ2n) is 2.79. The summed E-state index contributed by atoms with van der Waals surface area (Å²) in [6, 6.07) is -0.543. The highest BCUT2D eigenvalue weighted by Gasteiger charge is 2.11. The maximum absolute atomic E-state index is 10.8. The van der Waals surface area contributed by atoms with E-state index < -0.39 is 6.04 Å². The summed E-state index contributed by atoms with van der Waals surface area (Å²) in [5.41, 5.74) is 10.8. The third-order valence-electron chi connectivity index (χ3n) is 1.54. The molecule has 4 N–H and O–H groups in total. The minimum Gasteiger partial charge on any atom is -0.468 e. The van der Waals surface area contributed by atoms with Crippen molar-refractivity contribution in [2.45, 2.75) is 25.8 Å². The van der Waals surface area contributed by atoms with E-state index in [2.05, 4.69) is 9.73 Å². The molecule has 0 radical (unpaired) electrons. The molecule has 0 aliphatic rings. The molecule has 76 valence electrons. The average Bonchev–Trinajstić information content (AvgIpc) is 2.10. The number of ether oxygens (including phenoxy) is 1. The molecule has 0 aromatic carbocycles. The molecule has 0 aromatic heterocycles. The number of hydrogen-bond donors (Lipinski definition) is 2. The number of hydrogen-bond acceptors (Lipinski definition) is 4. The molecular weight excluding hydrogens is 170 g/mol. The Balaban J connectivity index is 3.53.